The average Bonchev–Trinajstić information content (AvgIpc) is 3.90. The molecule has 0 amide bonds. The predicted octanol–water partition coefficient (Wildman–Crippen LogP) is 14.3. The quantitative estimate of drug-likeness (QED) is 0.161. The van der Waals surface area contributed by atoms with Gasteiger partial charge in [-0.15, -0.1) is 0 Å². The summed E-state index contributed by atoms with van der Waals surface area (Å²) in [6.45, 7) is 0. The van der Waals surface area contributed by atoms with Gasteiger partial charge in [0.15, 0.2) is 17.5 Å². The van der Waals surface area contributed by atoms with Crippen molar-refractivity contribution in [3.63, 3.8) is 0 Å². The molecule has 10 aromatic rings. The van der Waals surface area contributed by atoms with E-state index in [1.807, 2.05) is 12.1 Å². The first-order valence-corrected chi connectivity index (χ1v) is 21.1. The normalized spacial score (nSPS) is 15.0. The van der Waals surface area contributed by atoms with Crippen LogP contribution in [0.4, 0.5) is 11.4 Å². The van der Waals surface area contributed by atoms with Crippen LogP contribution >= 0.6 is 0 Å². The summed E-state index contributed by atoms with van der Waals surface area (Å²) in [5, 5.41) is 1.06. The molecule has 8 aromatic carbocycles. The van der Waals surface area contributed by atoms with E-state index >= 15 is 0 Å². The highest BCUT2D eigenvalue weighted by molar-refractivity contribution is 5.93. The Labute approximate surface area is 360 Å². The van der Waals surface area contributed by atoms with Gasteiger partial charge in [-0.25, -0.2) is 15.0 Å². The van der Waals surface area contributed by atoms with Crippen molar-refractivity contribution in [3.8, 4) is 67.5 Å². The second-order valence-electron chi connectivity index (χ2n) is 16.0. The minimum atomic E-state index is 0.0500. The van der Waals surface area contributed by atoms with Crippen LogP contribution in [-0.2, 0) is 0 Å². The molecule has 0 N–H and O–H groups in total. The molecule has 62 heavy (non-hydrogen) atoms. The fraction of sp³-hybridized carbons (Fsp3) is 0.0351. The summed E-state index contributed by atoms with van der Waals surface area (Å²) in [6, 6.07) is 72.5. The number of furan rings is 1. The zero-order valence-corrected chi connectivity index (χ0v) is 33.6. The number of rotatable bonds is 7. The summed E-state index contributed by atoms with van der Waals surface area (Å²) in [6.07, 6.45) is 4.47. The van der Waals surface area contributed by atoms with E-state index in [1.165, 1.54) is 27.9 Å². The van der Waals surface area contributed by atoms with Gasteiger partial charge in [-0.2, -0.15) is 0 Å². The number of hydrogen-bond donors (Lipinski definition) is 0. The Balaban J connectivity index is 0.992. The molecule has 2 aromatic heterocycles. The van der Waals surface area contributed by atoms with Crippen molar-refractivity contribution in [2.45, 2.75) is 12.0 Å². The van der Waals surface area contributed by atoms with Crippen LogP contribution in [0, 0.1) is 0 Å². The van der Waals surface area contributed by atoms with Crippen molar-refractivity contribution in [1.82, 2.24) is 15.0 Å². The van der Waals surface area contributed by atoms with Crippen molar-refractivity contribution >= 4 is 28.4 Å². The summed E-state index contributed by atoms with van der Waals surface area (Å²) >= 11 is 0. The van der Waals surface area contributed by atoms with Gasteiger partial charge in [-0.1, -0.05) is 164 Å². The molecule has 2 unspecified atom stereocenters. The summed E-state index contributed by atoms with van der Waals surface area (Å²) in [4.78, 5) is 18.1. The molecular weight excluding hydrogens is 757 g/mol. The molecule has 0 bridgehead atoms. The number of fused-ring (bicyclic) bond motifs is 7. The van der Waals surface area contributed by atoms with Crippen molar-refractivity contribution in [2.24, 2.45) is 0 Å². The van der Waals surface area contributed by atoms with E-state index in [2.05, 4.69) is 211 Å². The van der Waals surface area contributed by atoms with E-state index in [1.54, 1.807) is 0 Å². The summed E-state index contributed by atoms with van der Waals surface area (Å²) in [7, 11) is 0. The molecular formula is C57H38N4O. The molecule has 1 aliphatic heterocycles. The number of hydrogen-bond acceptors (Lipinski definition) is 5. The minimum absolute atomic E-state index is 0.0500. The van der Waals surface area contributed by atoms with Gasteiger partial charge in [0.05, 0.1) is 6.04 Å². The molecule has 0 fully saturated rings. The third-order valence-electron chi connectivity index (χ3n) is 12.3. The van der Waals surface area contributed by atoms with Gasteiger partial charge >= 0.3 is 0 Å². The zero-order valence-electron chi connectivity index (χ0n) is 33.6. The molecule has 0 radical (unpaired) electrons. The Kier molecular flexibility index (Phi) is 8.56. The second-order valence-corrected chi connectivity index (χ2v) is 16.0. The first kappa shape index (κ1) is 35.8. The van der Waals surface area contributed by atoms with Gasteiger partial charge in [0, 0.05) is 44.9 Å². The van der Waals surface area contributed by atoms with Crippen LogP contribution in [0.2, 0.25) is 0 Å². The number of benzene rings is 8. The molecule has 2 atom stereocenters. The lowest BCUT2D eigenvalue weighted by Gasteiger charge is -2.30. The Hall–Kier alpha value is -8.15. The lowest BCUT2D eigenvalue weighted by Crippen LogP contribution is -2.30. The first-order chi connectivity index (χ1) is 30.7. The molecule has 5 heteroatoms. The standard InChI is InChI=1S/C57H38N4O/c1-4-15-37(16-5-1)40-21-12-24-43(33-40)55-58-56(44-25-13-22-41(34-44)38-17-6-2-7-18-38)60-57(59-55)45-29-31-51-48(36-45)54-52(62-51)32-30-50-53(54)47-27-10-11-28-49(47)61(50)46-26-14-23-42(35-46)39-19-8-3-9-20-39/h1-36,50,53H. The maximum absolute atomic E-state index is 6.66. The summed E-state index contributed by atoms with van der Waals surface area (Å²) < 4.78 is 6.66. The van der Waals surface area contributed by atoms with Crippen molar-refractivity contribution in [3.05, 3.63) is 229 Å². The molecule has 2 aliphatic rings. The number of para-hydroxylation sites is 1. The SMILES string of the molecule is C1=CC2C(c3ccccc3N2c2cccc(-c3ccccc3)c2)c2c1oc1ccc(-c3nc(-c4cccc(-c5ccccc5)c4)nc(-c4cccc(-c5ccccc5)c4)n3)cc21. The van der Waals surface area contributed by atoms with Gasteiger partial charge < -0.3 is 9.32 Å². The third-order valence-corrected chi connectivity index (χ3v) is 12.3. The van der Waals surface area contributed by atoms with E-state index in [-0.39, 0.29) is 12.0 Å². The van der Waals surface area contributed by atoms with Gasteiger partial charge in [0.1, 0.15) is 11.3 Å². The van der Waals surface area contributed by atoms with Crippen molar-refractivity contribution in [2.75, 3.05) is 4.90 Å². The maximum atomic E-state index is 6.66. The van der Waals surface area contributed by atoms with Crippen LogP contribution in [0.25, 0.3) is 84.6 Å². The first-order valence-electron chi connectivity index (χ1n) is 21.1. The topological polar surface area (TPSA) is 55.1 Å². The van der Waals surface area contributed by atoms with E-state index in [0.717, 1.165) is 61.4 Å². The number of aromatic nitrogens is 3. The van der Waals surface area contributed by atoms with E-state index in [0.29, 0.717) is 17.5 Å². The monoisotopic (exact) mass is 794 g/mol. The fourth-order valence-corrected chi connectivity index (χ4v) is 9.37. The summed E-state index contributed by atoms with van der Waals surface area (Å²) in [5.41, 5.74) is 15.3. The highest BCUT2D eigenvalue weighted by atomic mass is 16.3. The third kappa shape index (κ3) is 6.22. The molecule has 292 valence electrons. The highest BCUT2D eigenvalue weighted by Crippen LogP contribution is 2.54. The van der Waals surface area contributed by atoms with Gasteiger partial charge in [0.25, 0.3) is 0 Å². The van der Waals surface area contributed by atoms with Gasteiger partial charge in [-0.3, -0.25) is 0 Å². The van der Waals surface area contributed by atoms with Gasteiger partial charge in [-0.05, 0) is 93.6 Å². The lowest BCUT2D eigenvalue weighted by molar-refractivity contribution is 0.584. The molecule has 5 nitrogen and oxygen atoms in total. The van der Waals surface area contributed by atoms with Crippen LogP contribution in [0.5, 0.6) is 0 Å². The van der Waals surface area contributed by atoms with Crippen molar-refractivity contribution in [1.29, 1.82) is 0 Å². The Morgan fingerprint density at radius 2 is 0.887 bits per heavy atom. The van der Waals surface area contributed by atoms with Gasteiger partial charge in [0.2, 0.25) is 0 Å². The number of anilines is 2. The highest BCUT2D eigenvalue weighted by Gasteiger charge is 2.43. The molecule has 12 rings (SSSR count). The molecule has 0 spiro atoms. The predicted molar refractivity (Wildman–Crippen MR) is 252 cm³/mol. The van der Waals surface area contributed by atoms with E-state index in [4.69, 9.17) is 19.4 Å². The molecule has 1 aliphatic carbocycles. The van der Waals surface area contributed by atoms with E-state index < -0.39 is 0 Å². The number of nitrogens with zero attached hydrogens (tertiary/aromatic N) is 4. The van der Waals surface area contributed by atoms with Crippen LogP contribution in [-0.4, -0.2) is 21.0 Å². The lowest BCUT2D eigenvalue weighted by atomic mass is 9.82. The smallest absolute Gasteiger partial charge is 0.164 e. The molecule has 0 saturated carbocycles. The summed E-state index contributed by atoms with van der Waals surface area (Å²) in [5.74, 6) is 2.77. The maximum Gasteiger partial charge on any atom is 0.164 e. The van der Waals surface area contributed by atoms with Crippen LogP contribution in [0.15, 0.2) is 217 Å². The van der Waals surface area contributed by atoms with Crippen LogP contribution < -0.4 is 4.90 Å². The van der Waals surface area contributed by atoms with Crippen LogP contribution in [0.3, 0.4) is 0 Å². The van der Waals surface area contributed by atoms with E-state index in [9.17, 15) is 0 Å². The Morgan fingerprint density at radius 3 is 1.48 bits per heavy atom. The largest absolute Gasteiger partial charge is 0.456 e. The molecule has 0 saturated heterocycles. The Bertz CT molecular complexity index is 3220. The average molecular weight is 795 g/mol. The zero-order chi connectivity index (χ0) is 41.0. The fourth-order valence-electron chi connectivity index (χ4n) is 9.37. The van der Waals surface area contributed by atoms with Crippen molar-refractivity contribution < 1.29 is 4.42 Å². The molecule has 3 heterocycles. The minimum Gasteiger partial charge on any atom is -0.456 e. The second kappa shape index (κ2) is 14.8. The Morgan fingerprint density at radius 1 is 0.403 bits per heavy atom. The van der Waals surface area contributed by atoms with Crippen LogP contribution in [0.1, 0.15) is 22.8 Å².